The predicted octanol–water partition coefficient (Wildman–Crippen LogP) is 11.7. The molecule has 3 aromatic carbocycles. The lowest BCUT2D eigenvalue weighted by atomic mass is 9.73. The van der Waals surface area contributed by atoms with Crippen LogP contribution in [0, 0.1) is 28.8 Å². The van der Waals surface area contributed by atoms with Crippen LogP contribution in [0.2, 0.25) is 0 Å². The van der Waals surface area contributed by atoms with Gasteiger partial charge in [-0.3, -0.25) is 43.2 Å². The third kappa shape index (κ3) is 15.3. The zero-order valence-corrected chi connectivity index (χ0v) is 47.3. The summed E-state index contributed by atoms with van der Waals surface area (Å²) in [6, 6.07) is 19.3. The summed E-state index contributed by atoms with van der Waals surface area (Å²) in [5.74, 6) is -12.0. The molecule has 6 rings (SSSR count). The second-order valence-corrected chi connectivity index (χ2v) is 24.9. The van der Waals surface area contributed by atoms with Crippen LogP contribution in [0.3, 0.4) is 0 Å². The minimum absolute atomic E-state index is 0.0269. The van der Waals surface area contributed by atoms with Crippen molar-refractivity contribution in [2.75, 3.05) is 27.5 Å². The van der Waals surface area contributed by atoms with Gasteiger partial charge in [0.25, 0.3) is 0 Å². The fraction of sp³-hybridized carbons (Fsp3) is 0.304. The number of aliphatic carboxylic acids is 1. The number of benzene rings is 3. The van der Waals surface area contributed by atoms with Crippen LogP contribution in [0.4, 0.5) is 28.2 Å². The molecule has 0 aliphatic carbocycles. The first-order valence-electron chi connectivity index (χ1n) is 24.3. The SMILES string of the molecule is CCc1cc(C(=O)c2ccc(F)cc2)c(NC(=O)CSC(C(=O)O)C(C(=O)Nc2sc(CC)cc2C(=O)c2ccc(F)cc2)C(C)(C)CC(=O)OC(=O)C(C)(C)SCC(=O)Nc2sc(CC)cc2C(=O)c2ccc(F)cc2)s1. The number of carboxylic acids is 1. The predicted molar refractivity (Wildman–Crippen MR) is 300 cm³/mol. The highest BCUT2D eigenvalue weighted by Crippen LogP contribution is 2.42. The number of carbonyl (C=O) groups is 9. The number of thioether (sulfide) groups is 2. The first kappa shape index (κ1) is 60.5. The fourth-order valence-corrected chi connectivity index (χ4v) is 12.8. The van der Waals surface area contributed by atoms with E-state index in [-0.39, 0.29) is 54.1 Å². The van der Waals surface area contributed by atoms with Crippen molar-refractivity contribution < 1.29 is 66.2 Å². The first-order chi connectivity index (χ1) is 36.8. The Hall–Kier alpha value is -6.72. The molecule has 2 atom stereocenters. The fourth-order valence-electron chi connectivity index (χ4n) is 7.85. The summed E-state index contributed by atoms with van der Waals surface area (Å²) >= 11 is 4.71. The number of halogens is 3. The van der Waals surface area contributed by atoms with Crippen molar-refractivity contribution >= 4 is 126 Å². The van der Waals surface area contributed by atoms with Gasteiger partial charge in [0.15, 0.2) is 17.3 Å². The molecular formula is C56H54F3N3O11S5. The number of thiophene rings is 3. The van der Waals surface area contributed by atoms with Gasteiger partial charge in [-0.2, -0.15) is 0 Å². The average molecular weight is 1160 g/mol. The molecule has 14 nitrogen and oxygen atoms in total. The average Bonchev–Trinajstić information content (AvgIpc) is 4.14. The Morgan fingerprint density at radius 3 is 1.28 bits per heavy atom. The van der Waals surface area contributed by atoms with Crippen LogP contribution in [-0.2, 0) is 52.8 Å². The van der Waals surface area contributed by atoms with Crippen molar-refractivity contribution in [1.29, 1.82) is 0 Å². The van der Waals surface area contributed by atoms with E-state index in [4.69, 9.17) is 4.74 Å². The van der Waals surface area contributed by atoms with E-state index in [1.165, 1.54) is 75.4 Å². The van der Waals surface area contributed by atoms with Gasteiger partial charge in [0.1, 0.15) is 42.5 Å². The maximum atomic E-state index is 14.8. The van der Waals surface area contributed by atoms with Gasteiger partial charge in [-0.25, -0.2) is 13.2 Å². The molecular weight excluding hydrogens is 1110 g/mol. The molecule has 2 unspecified atom stereocenters. The molecule has 0 aliphatic rings. The summed E-state index contributed by atoms with van der Waals surface area (Å²) in [5, 5.41) is 17.6. The smallest absolute Gasteiger partial charge is 0.329 e. The molecule has 4 N–H and O–H groups in total. The number of carbonyl (C=O) groups excluding carboxylic acids is 8. The molecule has 0 fully saturated rings. The molecule has 6 aromatic rings. The van der Waals surface area contributed by atoms with Crippen molar-refractivity contribution in [1.82, 2.24) is 0 Å². The van der Waals surface area contributed by atoms with Crippen LogP contribution in [0.25, 0.3) is 0 Å². The van der Waals surface area contributed by atoms with E-state index in [1.807, 2.05) is 20.8 Å². The van der Waals surface area contributed by atoms with Crippen molar-refractivity contribution in [2.45, 2.75) is 84.1 Å². The number of esters is 2. The van der Waals surface area contributed by atoms with Crippen LogP contribution >= 0.6 is 57.5 Å². The van der Waals surface area contributed by atoms with Crippen LogP contribution in [0.5, 0.6) is 0 Å². The highest BCUT2D eigenvalue weighted by Gasteiger charge is 2.47. The number of hydrogen-bond acceptors (Lipinski definition) is 15. The molecule has 78 heavy (non-hydrogen) atoms. The zero-order chi connectivity index (χ0) is 57.2. The Labute approximate surface area is 468 Å². The van der Waals surface area contributed by atoms with Gasteiger partial charge >= 0.3 is 17.9 Å². The van der Waals surface area contributed by atoms with Gasteiger partial charge in [0.2, 0.25) is 17.7 Å². The summed E-state index contributed by atoms with van der Waals surface area (Å²) in [6.45, 7) is 11.1. The molecule has 410 valence electrons. The molecule has 0 saturated carbocycles. The van der Waals surface area contributed by atoms with E-state index in [0.717, 1.165) is 80.6 Å². The van der Waals surface area contributed by atoms with Crippen LogP contribution in [-0.4, -0.2) is 79.6 Å². The van der Waals surface area contributed by atoms with Crippen LogP contribution in [0.1, 0.15) is 117 Å². The number of ketones is 3. The lowest BCUT2D eigenvalue weighted by Gasteiger charge is -2.36. The number of nitrogens with one attached hydrogen (secondary N) is 3. The van der Waals surface area contributed by atoms with Gasteiger partial charge in [0.05, 0.1) is 40.5 Å². The van der Waals surface area contributed by atoms with Gasteiger partial charge < -0.3 is 25.8 Å². The summed E-state index contributed by atoms with van der Waals surface area (Å²) in [6.07, 6.45) is 0.737. The molecule has 0 bridgehead atoms. The number of ether oxygens (including phenoxy) is 1. The molecule has 0 aliphatic heterocycles. The van der Waals surface area contributed by atoms with Crippen molar-refractivity contribution in [2.24, 2.45) is 11.3 Å². The number of amides is 3. The first-order valence-corrected chi connectivity index (χ1v) is 28.8. The molecule has 3 amide bonds. The number of carboxylic acid groups (broad SMARTS) is 1. The summed E-state index contributed by atoms with van der Waals surface area (Å²) < 4.78 is 44.9. The third-order valence-corrected chi connectivity index (χ3v) is 18.3. The second-order valence-electron chi connectivity index (χ2n) is 18.8. The lowest BCUT2D eigenvalue weighted by molar-refractivity contribution is -0.163. The molecule has 0 spiro atoms. The Kier molecular flexibility index (Phi) is 20.4. The van der Waals surface area contributed by atoms with Crippen molar-refractivity contribution in [3.05, 3.63) is 156 Å². The lowest BCUT2D eigenvalue weighted by Crippen LogP contribution is -2.47. The maximum Gasteiger partial charge on any atom is 0.329 e. The Morgan fingerprint density at radius 2 is 0.923 bits per heavy atom. The normalized spacial score (nSPS) is 12.3. The second kappa shape index (κ2) is 26.3. The van der Waals surface area contributed by atoms with E-state index in [1.54, 1.807) is 18.2 Å². The third-order valence-electron chi connectivity index (χ3n) is 12.1. The Morgan fingerprint density at radius 1 is 0.564 bits per heavy atom. The van der Waals surface area contributed by atoms with E-state index < -0.39 is 104 Å². The highest BCUT2D eigenvalue weighted by molar-refractivity contribution is 8.02. The Balaban J connectivity index is 1.21. The molecule has 3 heterocycles. The largest absolute Gasteiger partial charge is 0.480 e. The minimum Gasteiger partial charge on any atom is -0.480 e. The quantitative estimate of drug-likeness (QED) is 0.0238. The van der Waals surface area contributed by atoms with Crippen molar-refractivity contribution in [3.63, 3.8) is 0 Å². The molecule has 0 radical (unpaired) electrons. The Bertz CT molecular complexity index is 3260. The van der Waals surface area contributed by atoms with E-state index in [0.29, 0.717) is 35.9 Å². The van der Waals surface area contributed by atoms with Crippen LogP contribution < -0.4 is 16.0 Å². The van der Waals surface area contributed by atoms with Crippen molar-refractivity contribution in [3.8, 4) is 0 Å². The standard InChI is InChI=1S/C56H54F3N3O11S5/c1-8-35-23-38(45(66)29-11-17-32(57)18-12-29)50(76-35)60-41(63)27-74-48(53(70)71)44(49(69)62-52-40(25-37(10-3)78-52)47(68)31-15-21-34(59)22-16-31)55(4,5)26-43(65)73-54(72)56(6,7)75-28-42(64)61-51-39(24-36(9-2)77-51)46(67)30-13-19-33(58)20-14-30/h11-25,44,48H,8-10,26-28H2,1-7H3,(H,60,63)(H,61,64)(H,62,69)(H,70,71). The van der Waals surface area contributed by atoms with Crippen LogP contribution in [0.15, 0.2) is 91.0 Å². The highest BCUT2D eigenvalue weighted by atomic mass is 32.2. The van der Waals surface area contributed by atoms with E-state index in [9.17, 15) is 61.4 Å². The molecule has 22 heteroatoms. The van der Waals surface area contributed by atoms with Gasteiger partial charge in [-0.1, -0.05) is 34.6 Å². The van der Waals surface area contributed by atoms with Gasteiger partial charge in [0, 0.05) is 31.3 Å². The summed E-state index contributed by atoms with van der Waals surface area (Å²) in [7, 11) is 0. The molecule has 0 saturated heterocycles. The maximum absolute atomic E-state index is 14.8. The number of rotatable bonds is 25. The van der Waals surface area contributed by atoms with E-state index >= 15 is 0 Å². The minimum atomic E-state index is -1.79. The van der Waals surface area contributed by atoms with E-state index in [2.05, 4.69) is 16.0 Å². The summed E-state index contributed by atoms with van der Waals surface area (Å²) in [5.41, 5.74) is -0.894. The summed E-state index contributed by atoms with van der Waals surface area (Å²) in [4.78, 5) is 126. The van der Waals surface area contributed by atoms with Gasteiger partial charge in [-0.05, 0) is 130 Å². The topological polar surface area (TPSA) is 219 Å². The number of hydrogen-bond donors (Lipinski definition) is 4. The monoisotopic (exact) mass is 1160 g/mol. The molecule has 3 aromatic heterocycles. The van der Waals surface area contributed by atoms with Gasteiger partial charge in [-0.15, -0.1) is 57.5 Å². The zero-order valence-electron chi connectivity index (χ0n) is 43.3. The number of aryl methyl sites for hydroxylation is 3. The number of anilines is 3.